The number of hydrogen-bond donors (Lipinski definition) is 1. The van der Waals surface area contributed by atoms with Gasteiger partial charge in [0.15, 0.2) is 0 Å². The molecule has 0 bridgehead atoms. The van der Waals surface area contributed by atoms with Gasteiger partial charge in [-0.1, -0.05) is 25.1 Å². The van der Waals surface area contributed by atoms with E-state index in [4.69, 9.17) is 9.47 Å². The maximum absolute atomic E-state index is 12.5. The van der Waals surface area contributed by atoms with E-state index in [0.717, 1.165) is 17.7 Å². The minimum atomic E-state index is -0.577. The van der Waals surface area contributed by atoms with Gasteiger partial charge in [-0.3, -0.25) is 4.90 Å². The summed E-state index contributed by atoms with van der Waals surface area (Å²) in [5, 5.41) is 2.83. The van der Waals surface area contributed by atoms with E-state index in [2.05, 4.69) is 5.32 Å². The number of rotatable bonds is 3. The van der Waals surface area contributed by atoms with Gasteiger partial charge in [0.25, 0.3) is 0 Å². The van der Waals surface area contributed by atoms with Crippen molar-refractivity contribution < 1.29 is 19.1 Å². The number of amides is 2. The molecule has 0 aromatic heterocycles. The fourth-order valence-corrected chi connectivity index (χ4v) is 2.59. The Morgan fingerprint density at radius 2 is 2.00 bits per heavy atom. The van der Waals surface area contributed by atoms with Gasteiger partial charge in [-0.15, -0.1) is 0 Å². The minimum absolute atomic E-state index is 0.211. The molecule has 0 spiro atoms. The van der Waals surface area contributed by atoms with Crippen LogP contribution in [0.15, 0.2) is 24.3 Å². The molecule has 1 heterocycles. The zero-order valence-corrected chi connectivity index (χ0v) is 14.8. The highest BCUT2D eigenvalue weighted by Gasteiger charge is 2.32. The molecule has 1 aromatic carbocycles. The first-order valence-electron chi connectivity index (χ1n) is 8.32. The molecule has 1 unspecified atom stereocenters. The number of anilines is 1. The summed E-state index contributed by atoms with van der Waals surface area (Å²) in [6.07, 6.45) is 0.551. The maximum Gasteiger partial charge on any atom is 0.414 e. The number of nitrogens with zero attached hydrogens (tertiary/aromatic N) is 1. The molecule has 1 atom stereocenters. The summed E-state index contributed by atoms with van der Waals surface area (Å²) in [6, 6.07) is 7.45. The number of carbonyl (C=O) groups is 2. The molecule has 6 nitrogen and oxygen atoms in total. The van der Waals surface area contributed by atoms with E-state index in [-0.39, 0.29) is 6.04 Å². The predicted molar refractivity (Wildman–Crippen MR) is 92.3 cm³/mol. The highest BCUT2D eigenvalue weighted by atomic mass is 16.6. The van der Waals surface area contributed by atoms with Crippen molar-refractivity contribution in [3.8, 4) is 0 Å². The van der Waals surface area contributed by atoms with Crippen LogP contribution in [-0.4, -0.2) is 37.0 Å². The van der Waals surface area contributed by atoms with Crippen LogP contribution in [0.3, 0.4) is 0 Å². The molecule has 0 radical (unpaired) electrons. The van der Waals surface area contributed by atoms with Crippen molar-refractivity contribution in [1.29, 1.82) is 0 Å². The summed E-state index contributed by atoms with van der Waals surface area (Å²) in [6.45, 7) is 8.17. The summed E-state index contributed by atoms with van der Waals surface area (Å²) < 4.78 is 10.6. The number of alkyl carbamates (subject to hydrolysis) is 1. The molecule has 0 fully saturated rings. The number of para-hydroxylation sites is 1. The van der Waals surface area contributed by atoms with E-state index in [1.54, 1.807) is 4.90 Å². The normalized spacial score (nSPS) is 17.0. The lowest BCUT2D eigenvalue weighted by atomic mass is 9.98. The van der Waals surface area contributed by atoms with Crippen molar-refractivity contribution in [1.82, 2.24) is 5.32 Å². The molecule has 0 saturated carbocycles. The van der Waals surface area contributed by atoms with Crippen LogP contribution in [0.2, 0.25) is 0 Å². The number of ether oxygens (including phenoxy) is 2. The Morgan fingerprint density at radius 1 is 1.29 bits per heavy atom. The summed E-state index contributed by atoms with van der Waals surface area (Å²) in [5.41, 5.74) is 1.24. The van der Waals surface area contributed by atoms with Gasteiger partial charge < -0.3 is 14.8 Å². The molecule has 0 aliphatic carbocycles. The lowest BCUT2D eigenvalue weighted by molar-refractivity contribution is 0.0572. The third-order valence-corrected chi connectivity index (χ3v) is 3.52. The number of hydrogen-bond acceptors (Lipinski definition) is 4. The number of benzene rings is 1. The summed E-state index contributed by atoms with van der Waals surface area (Å²) >= 11 is 0. The van der Waals surface area contributed by atoms with Crippen molar-refractivity contribution in [2.45, 2.75) is 52.2 Å². The van der Waals surface area contributed by atoms with Gasteiger partial charge >= 0.3 is 12.2 Å². The number of carbonyl (C=O) groups excluding carboxylic acids is 2. The smallest absolute Gasteiger partial charge is 0.414 e. The van der Waals surface area contributed by atoms with E-state index in [1.165, 1.54) is 0 Å². The largest absolute Gasteiger partial charge is 0.450 e. The predicted octanol–water partition coefficient (Wildman–Crippen LogP) is 3.49. The fourth-order valence-electron chi connectivity index (χ4n) is 2.59. The quantitative estimate of drug-likeness (QED) is 0.919. The lowest BCUT2D eigenvalue weighted by Crippen LogP contribution is -2.51. The molecule has 2 amide bonds. The van der Waals surface area contributed by atoms with Crippen LogP contribution in [-0.2, 0) is 15.9 Å². The highest BCUT2D eigenvalue weighted by molar-refractivity contribution is 5.90. The Morgan fingerprint density at radius 3 is 2.67 bits per heavy atom. The third-order valence-electron chi connectivity index (χ3n) is 3.52. The summed E-state index contributed by atoms with van der Waals surface area (Å²) in [4.78, 5) is 25.9. The second-order valence-electron chi connectivity index (χ2n) is 6.90. The molecule has 1 N–H and O–H groups in total. The molecule has 132 valence electrons. The fraction of sp³-hybridized carbons (Fsp3) is 0.556. The van der Waals surface area contributed by atoms with E-state index in [0.29, 0.717) is 19.6 Å². The number of nitrogens with one attached hydrogen (secondary N) is 1. The Hall–Kier alpha value is -2.24. The molecule has 6 heteroatoms. The van der Waals surface area contributed by atoms with Crippen LogP contribution in [0.4, 0.5) is 15.3 Å². The summed E-state index contributed by atoms with van der Waals surface area (Å²) in [7, 11) is 0. The molecule has 1 aliphatic heterocycles. The van der Waals surface area contributed by atoms with E-state index in [9.17, 15) is 9.59 Å². The van der Waals surface area contributed by atoms with Crippen LogP contribution >= 0.6 is 0 Å². The van der Waals surface area contributed by atoms with Crippen LogP contribution in [0.25, 0.3) is 0 Å². The van der Waals surface area contributed by atoms with E-state index < -0.39 is 17.8 Å². The topological polar surface area (TPSA) is 67.9 Å². The van der Waals surface area contributed by atoms with Crippen molar-refractivity contribution in [2.24, 2.45) is 0 Å². The van der Waals surface area contributed by atoms with Crippen molar-refractivity contribution in [3.63, 3.8) is 0 Å². The number of fused-ring (bicyclic) bond motifs is 1. The minimum Gasteiger partial charge on any atom is -0.450 e. The Labute approximate surface area is 143 Å². The van der Waals surface area contributed by atoms with Gasteiger partial charge in [0, 0.05) is 6.54 Å². The molecule has 1 aromatic rings. The second kappa shape index (κ2) is 7.55. The average molecular weight is 334 g/mol. The molecular weight excluding hydrogens is 308 g/mol. The van der Waals surface area contributed by atoms with Crippen molar-refractivity contribution >= 4 is 17.9 Å². The van der Waals surface area contributed by atoms with Crippen LogP contribution in [0, 0.1) is 0 Å². The average Bonchev–Trinajstić information content (AvgIpc) is 2.50. The van der Waals surface area contributed by atoms with Gasteiger partial charge in [-0.05, 0) is 45.2 Å². The van der Waals surface area contributed by atoms with E-state index in [1.807, 2.05) is 52.0 Å². The first kappa shape index (κ1) is 18.1. The second-order valence-corrected chi connectivity index (χ2v) is 6.90. The molecule has 24 heavy (non-hydrogen) atoms. The van der Waals surface area contributed by atoms with Crippen LogP contribution in [0.5, 0.6) is 0 Å². The Bertz CT molecular complexity index is 595. The molecule has 0 saturated heterocycles. The zero-order valence-electron chi connectivity index (χ0n) is 14.8. The molecule has 1 aliphatic rings. The van der Waals surface area contributed by atoms with Crippen molar-refractivity contribution in [3.05, 3.63) is 29.8 Å². The van der Waals surface area contributed by atoms with Gasteiger partial charge in [-0.2, -0.15) is 0 Å². The summed E-state index contributed by atoms with van der Waals surface area (Å²) in [5.74, 6) is 0. The standard InChI is InChI=1S/C18H26N2O4/c1-5-10-23-16(21)19-14-11-13-8-6-7-9-15(13)20(12-14)17(22)24-18(2,3)4/h6-9,14H,5,10-12H2,1-4H3,(H,19,21). The maximum atomic E-state index is 12.5. The Kier molecular flexibility index (Phi) is 5.70. The third kappa shape index (κ3) is 4.88. The zero-order chi connectivity index (χ0) is 17.7. The molecular formula is C18H26N2O4. The monoisotopic (exact) mass is 334 g/mol. The van der Waals surface area contributed by atoms with Gasteiger partial charge in [-0.25, -0.2) is 9.59 Å². The lowest BCUT2D eigenvalue weighted by Gasteiger charge is -2.35. The van der Waals surface area contributed by atoms with Gasteiger partial charge in [0.2, 0.25) is 0 Å². The van der Waals surface area contributed by atoms with Crippen LogP contribution in [0.1, 0.15) is 39.7 Å². The first-order valence-corrected chi connectivity index (χ1v) is 8.32. The van der Waals surface area contributed by atoms with Crippen molar-refractivity contribution in [2.75, 3.05) is 18.1 Å². The van der Waals surface area contributed by atoms with Gasteiger partial charge in [0.1, 0.15) is 5.60 Å². The van der Waals surface area contributed by atoms with E-state index >= 15 is 0 Å². The Balaban J connectivity index is 2.14. The molecule has 2 rings (SSSR count). The first-order chi connectivity index (χ1) is 11.3. The van der Waals surface area contributed by atoms with Gasteiger partial charge in [0.05, 0.1) is 18.3 Å². The highest BCUT2D eigenvalue weighted by Crippen LogP contribution is 2.28. The van der Waals surface area contributed by atoms with Crippen LogP contribution < -0.4 is 10.2 Å². The SMILES string of the molecule is CCCOC(=O)NC1Cc2ccccc2N(C(=O)OC(C)(C)C)C1.